The zero-order valence-corrected chi connectivity index (χ0v) is 70.0. The SMILES string of the molecule is CC(C)(C)c1cc(-c2csc(-c3ccc(C(=O)N4CCC[C@@H](N)C4)cc3Cl)c2)ccn1.CC(C)(C)c1cc(-c2csc(-c3ccc(C(=O)N4CCC[C@@H](N5CCNC5=O)C4)cc3Cl)c2)ccn1.CC(C)(C)c1cc(-c2csc(-c3ccc(C(=O)N4CCC[C@@H](NC(=O)CCCCl)C4)cc3Cl)c2)ccn1.N#COCCCl. The molecule has 4 aliphatic rings. The average molecular weight is 1640 g/mol. The van der Waals surface area contributed by atoms with E-state index in [0.29, 0.717) is 109 Å². The van der Waals surface area contributed by atoms with Crippen LogP contribution in [0.5, 0.6) is 0 Å². The van der Waals surface area contributed by atoms with E-state index in [1.165, 1.54) is 6.26 Å². The van der Waals surface area contributed by atoms with Crippen LogP contribution in [0, 0.1) is 11.5 Å². The van der Waals surface area contributed by atoms with Crippen LogP contribution >= 0.6 is 92.0 Å². The van der Waals surface area contributed by atoms with Gasteiger partial charge in [0, 0.05) is 177 Å². The first-order valence-corrected chi connectivity index (χ1v) is 42.0. The zero-order valence-electron chi connectivity index (χ0n) is 63.7. The van der Waals surface area contributed by atoms with Gasteiger partial charge in [0.05, 0.1) is 27.0 Å². The zero-order chi connectivity index (χ0) is 79.0. The molecule has 0 bridgehead atoms. The third-order valence-electron chi connectivity index (χ3n) is 19.4. The summed E-state index contributed by atoms with van der Waals surface area (Å²) in [5, 5.41) is 21.7. The number of likely N-dealkylation sites (tertiary alicyclic amines) is 3. The van der Waals surface area contributed by atoms with Crippen LogP contribution in [-0.4, -0.2) is 153 Å². The number of nitrogens with two attached hydrogens (primary N) is 1. The van der Waals surface area contributed by atoms with Crippen LogP contribution in [0.4, 0.5) is 4.79 Å². The third kappa shape index (κ3) is 22.5. The molecule has 13 rings (SSSR count). The first kappa shape index (κ1) is 84.5. The molecule has 4 N–H and O–H groups in total. The maximum absolute atomic E-state index is 13.3. The van der Waals surface area contributed by atoms with E-state index in [0.717, 1.165) is 127 Å². The maximum Gasteiger partial charge on any atom is 0.317 e. The van der Waals surface area contributed by atoms with Crippen LogP contribution in [-0.2, 0) is 25.8 Å². The van der Waals surface area contributed by atoms with Crippen LogP contribution in [0.1, 0.15) is 162 Å². The minimum absolute atomic E-state index is 0.00118. The van der Waals surface area contributed by atoms with Gasteiger partial charge in [0.1, 0.15) is 6.61 Å². The van der Waals surface area contributed by atoms with Gasteiger partial charge >= 0.3 is 6.03 Å². The summed E-state index contributed by atoms with van der Waals surface area (Å²) in [4.78, 5) is 87.7. The molecule has 25 heteroatoms. The first-order chi connectivity index (χ1) is 52.5. The second kappa shape index (κ2) is 38.5. The largest absolute Gasteiger partial charge is 0.426 e. The molecule has 10 heterocycles. The number of carbonyl (C=O) groups excluding carboxylic acids is 5. The van der Waals surface area contributed by atoms with E-state index in [1.54, 1.807) is 57.1 Å². The summed E-state index contributed by atoms with van der Waals surface area (Å²) in [6, 6.07) is 35.7. The van der Waals surface area contributed by atoms with Gasteiger partial charge in [-0.05, 0) is 185 Å². The Labute approximate surface area is 683 Å². The average Bonchev–Trinajstić information content (AvgIpc) is 1.59. The van der Waals surface area contributed by atoms with Crippen molar-refractivity contribution < 1.29 is 28.7 Å². The molecule has 6 aromatic heterocycles. The number of hydrogen-bond donors (Lipinski definition) is 3. The Morgan fingerprint density at radius 3 is 1.32 bits per heavy atom. The molecular formula is C85H96Cl5N11O6S3. The first-order valence-electron chi connectivity index (χ1n) is 37.2. The number of rotatable bonds is 16. The molecule has 0 saturated carbocycles. The smallest absolute Gasteiger partial charge is 0.317 e. The van der Waals surface area contributed by atoms with E-state index in [-0.39, 0.29) is 64.0 Å². The number of thiophene rings is 3. The highest BCUT2D eigenvalue weighted by Gasteiger charge is 2.34. The molecule has 4 fully saturated rings. The lowest BCUT2D eigenvalue weighted by atomic mass is 9.90. The van der Waals surface area contributed by atoms with Crippen LogP contribution < -0.4 is 16.4 Å². The standard InChI is InChI=1S/C29H33Cl2N3O2S.C28H31ClN4O2S.C25H28ClN3OS.C3H4ClNO/c1-29(2,3)26-16-19(10-12-32-26)21-15-25(37-18-21)23-9-8-20(14-24(23)31)28(36)34-13-5-6-22(17-34)33-27(35)7-4-11-30;1-28(2,3)25-15-18(8-9-30-25)20-14-24(36-17-20)22-7-6-19(13-23(22)29)26(34)32-11-4-5-21(16-32)33-12-10-31-27(33)35;1-25(2,3)23-13-16(8-9-28-23)18-12-22(31-15-18)20-7-6-17(11-21(20)26)24(30)29-10-4-5-19(27)14-29;4-1-2-6-3-5/h8-10,12,14-16,18,22H,4-7,11,13,17H2,1-3H3,(H,33,35);6-9,13-15,17,21H,4-5,10-12,16H2,1-3H3,(H,31,35);6-9,11-13,15,19H,4-5,10,14,27H2,1-3H3;1-2H2/t22-;21-;19-;/m111./s1. The molecule has 4 saturated heterocycles. The number of benzene rings is 3. The second-order valence-electron chi connectivity index (χ2n) is 30.9. The highest BCUT2D eigenvalue weighted by molar-refractivity contribution is 7.14. The quantitative estimate of drug-likeness (QED) is 0.0469. The van der Waals surface area contributed by atoms with Gasteiger partial charge in [0.25, 0.3) is 24.0 Å². The molecular weight excluding hydrogens is 1540 g/mol. The number of nitrogens with zero attached hydrogens (tertiary/aromatic N) is 8. The Kier molecular flexibility index (Phi) is 29.6. The third-order valence-corrected chi connectivity index (χ3v) is 23.7. The monoisotopic (exact) mass is 1640 g/mol. The number of aromatic nitrogens is 3. The van der Waals surface area contributed by atoms with Crippen molar-refractivity contribution in [1.82, 2.24) is 45.2 Å². The molecule has 0 unspecified atom stereocenters. The number of nitriles is 1. The van der Waals surface area contributed by atoms with Gasteiger partial charge in [0.2, 0.25) is 5.91 Å². The van der Waals surface area contributed by atoms with E-state index < -0.39 is 0 Å². The summed E-state index contributed by atoms with van der Waals surface area (Å²) in [6.07, 6.45) is 13.6. The highest BCUT2D eigenvalue weighted by Crippen LogP contribution is 2.42. The minimum atomic E-state index is -0.0634. The van der Waals surface area contributed by atoms with Crippen LogP contribution in [0.2, 0.25) is 15.1 Å². The summed E-state index contributed by atoms with van der Waals surface area (Å²) in [6.45, 7) is 24.9. The van der Waals surface area contributed by atoms with Crippen LogP contribution in [0.15, 0.2) is 144 Å². The summed E-state index contributed by atoms with van der Waals surface area (Å²) >= 11 is 35.7. The van der Waals surface area contributed by atoms with Gasteiger partial charge < -0.3 is 40.7 Å². The topological polar surface area (TPSA) is 220 Å². The molecule has 17 nitrogen and oxygen atoms in total. The van der Waals surface area contributed by atoms with Crippen molar-refractivity contribution in [3.63, 3.8) is 0 Å². The fourth-order valence-corrected chi connectivity index (χ4v) is 17.5. The summed E-state index contributed by atoms with van der Waals surface area (Å²) in [5.41, 5.74) is 20.5. The van der Waals surface area contributed by atoms with Gasteiger partial charge in [-0.15, -0.1) is 57.2 Å². The molecule has 0 spiro atoms. The lowest BCUT2D eigenvalue weighted by molar-refractivity contribution is -0.122. The minimum Gasteiger partial charge on any atom is -0.426 e. The number of nitrogens with one attached hydrogen (secondary N) is 2. The van der Waals surface area contributed by atoms with Gasteiger partial charge in [0.15, 0.2) is 0 Å². The fourth-order valence-electron chi connectivity index (χ4n) is 13.4. The van der Waals surface area contributed by atoms with Crippen LogP contribution in [0.25, 0.3) is 64.7 Å². The van der Waals surface area contributed by atoms with E-state index in [1.807, 2.05) is 87.9 Å². The number of amides is 6. The van der Waals surface area contributed by atoms with Crippen molar-refractivity contribution >= 4 is 122 Å². The lowest BCUT2D eigenvalue weighted by Crippen LogP contribution is -2.50. The number of alkyl halides is 2. The van der Waals surface area contributed by atoms with E-state index in [2.05, 4.69) is 145 Å². The highest BCUT2D eigenvalue weighted by atomic mass is 35.5. The molecule has 9 aromatic rings. The van der Waals surface area contributed by atoms with Crippen LogP contribution in [0.3, 0.4) is 0 Å². The van der Waals surface area contributed by atoms with Gasteiger partial charge in [-0.25, -0.2) is 4.79 Å². The Morgan fingerprint density at radius 2 is 0.955 bits per heavy atom. The van der Waals surface area contributed by atoms with Crippen molar-refractivity contribution in [2.24, 2.45) is 5.73 Å². The molecule has 0 aliphatic carbocycles. The van der Waals surface area contributed by atoms with Crippen molar-refractivity contribution in [2.75, 3.05) is 70.7 Å². The Balaban J connectivity index is 0.000000170. The lowest BCUT2D eigenvalue weighted by Gasteiger charge is -2.37. The second-order valence-corrected chi connectivity index (χ2v) is 35.6. The van der Waals surface area contributed by atoms with E-state index in [4.69, 9.17) is 69.0 Å². The predicted molar refractivity (Wildman–Crippen MR) is 452 cm³/mol. The number of carbonyl (C=O) groups is 5. The number of halogens is 5. The molecule has 0 radical (unpaired) electrons. The number of hydrogen-bond acceptors (Lipinski definition) is 14. The molecule has 3 aromatic carbocycles. The van der Waals surface area contributed by atoms with Gasteiger partial charge in [-0.2, -0.15) is 5.26 Å². The Morgan fingerprint density at radius 1 is 0.545 bits per heavy atom. The Bertz CT molecular complexity index is 4750. The van der Waals surface area contributed by atoms with Gasteiger partial charge in [-0.3, -0.25) is 34.1 Å². The number of urea groups is 1. The van der Waals surface area contributed by atoms with Gasteiger partial charge in [-0.1, -0.05) is 115 Å². The molecule has 6 amide bonds. The predicted octanol–water partition coefficient (Wildman–Crippen LogP) is 19.9. The molecule has 110 heavy (non-hydrogen) atoms. The number of ether oxygens (including phenoxy) is 1. The van der Waals surface area contributed by atoms with Crippen molar-refractivity contribution in [3.8, 4) is 71.0 Å². The summed E-state index contributed by atoms with van der Waals surface area (Å²) in [5.74, 6) is 0.741. The Hall–Kier alpha value is -7.94. The van der Waals surface area contributed by atoms with E-state index in [9.17, 15) is 24.0 Å². The van der Waals surface area contributed by atoms with Crippen molar-refractivity contribution in [1.29, 1.82) is 5.26 Å². The normalized spacial score (nSPS) is 16.6. The number of piperidine rings is 3. The van der Waals surface area contributed by atoms with Crippen molar-refractivity contribution in [2.45, 2.75) is 148 Å². The molecule has 4 aliphatic heterocycles. The molecule has 580 valence electrons. The molecule has 3 atom stereocenters. The fraction of sp³-hybridized carbons (Fsp3) is 0.400. The summed E-state index contributed by atoms with van der Waals surface area (Å²) in [7, 11) is 0. The van der Waals surface area contributed by atoms with E-state index >= 15 is 0 Å². The number of pyridine rings is 3. The summed E-state index contributed by atoms with van der Waals surface area (Å²) < 4.78 is 4.16. The maximum atomic E-state index is 13.3. The van der Waals surface area contributed by atoms with Crippen molar-refractivity contribution in [3.05, 3.63) is 193 Å².